The monoisotopic (exact) mass is 228 g/mol. The van der Waals surface area contributed by atoms with E-state index in [2.05, 4.69) is 0 Å². The van der Waals surface area contributed by atoms with Crippen LogP contribution in [-0.2, 0) is 9.53 Å². The van der Waals surface area contributed by atoms with Crippen molar-refractivity contribution >= 4 is 17.5 Å². The minimum Gasteiger partial charge on any atom is -0.381 e. The SMILES string of the molecule is O=C(CC1CCSCC1)C1CCOCC1. The second-order valence-corrected chi connectivity index (χ2v) is 5.84. The smallest absolute Gasteiger partial charge is 0.136 e. The molecule has 15 heavy (non-hydrogen) atoms. The van der Waals surface area contributed by atoms with Crippen LogP contribution in [0, 0.1) is 11.8 Å². The Morgan fingerprint density at radius 3 is 2.47 bits per heavy atom. The van der Waals surface area contributed by atoms with Gasteiger partial charge < -0.3 is 4.74 Å². The molecular weight excluding hydrogens is 208 g/mol. The lowest BCUT2D eigenvalue weighted by Crippen LogP contribution is -2.26. The van der Waals surface area contributed by atoms with E-state index in [0.717, 1.165) is 32.5 Å². The molecule has 0 aromatic heterocycles. The van der Waals surface area contributed by atoms with Crippen LogP contribution in [0.4, 0.5) is 0 Å². The third kappa shape index (κ3) is 3.49. The first-order chi connectivity index (χ1) is 7.36. The highest BCUT2D eigenvalue weighted by atomic mass is 32.2. The average Bonchev–Trinajstić information content (AvgIpc) is 2.31. The molecule has 2 saturated heterocycles. The Morgan fingerprint density at radius 1 is 1.13 bits per heavy atom. The number of rotatable bonds is 3. The zero-order valence-corrected chi connectivity index (χ0v) is 10.1. The van der Waals surface area contributed by atoms with Crippen molar-refractivity contribution in [3.05, 3.63) is 0 Å². The van der Waals surface area contributed by atoms with E-state index in [-0.39, 0.29) is 0 Å². The van der Waals surface area contributed by atoms with Gasteiger partial charge in [0.1, 0.15) is 5.78 Å². The van der Waals surface area contributed by atoms with E-state index < -0.39 is 0 Å². The first kappa shape index (κ1) is 11.5. The van der Waals surface area contributed by atoms with Crippen LogP contribution in [0.25, 0.3) is 0 Å². The first-order valence-corrected chi connectivity index (χ1v) is 7.20. The van der Waals surface area contributed by atoms with Gasteiger partial charge in [-0.2, -0.15) is 11.8 Å². The predicted molar refractivity (Wildman–Crippen MR) is 63.2 cm³/mol. The maximum Gasteiger partial charge on any atom is 0.136 e. The van der Waals surface area contributed by atoms with Gasteiger partial charge in [-0.25, -0.2) is 0 Å². The number of carbonyl (C=O) groups is 1. The van der Waals surface area contributed by atoms with Gasteiger partial charge in [0.05, 0.1) is 0 Å². The van der Waals surface area contributed by atoms with Crippen molar-refractivity contribution in [1.82, 2.24) is 0 Å². The fraction of sp³-hybridized carbons (Fsp3) is 0.917. The molecular formula is C12H20O2S. The summed E-state index contributed by atoms with van der Waals surface area (Å²) in [5, 5.41) is 0. The highest BCUT2D eigenvalue weighted by Gasteiger charge is 2.25. The number of thioether (sulfide) groups is 1. The summed E-state index contributed by atoms with van der Waals surface area (Å²) in [6.07, 6.45) is 5.26. The molecule has 2 aliphatic rings. The van der Waals surface area contributed by atoms with E-state index in [1.54, 1.807) is 0 Å². The summed E-state index contributed by atoms with van der Waals surface area (Å²) >= 11 is 2.03. The second kappa shape index (κ2) is 5.90. The third-order valence-electron chi connectivity index (χ3n) is 3.51. The van der Waals surface area contributed by atoms with Crippen LogP contribution in [0.15, 0.2) is 0 Å². The van der Waals surface area contributed by atoms with Gasteiger partial charge in [-0.15, -0.1) is 0 Å². The Labute approximate surface area is 96.1 Å². The van der Waals surface area contributed by atoms with Gasteiger partial charge in [-0.1, -0.05) is 0 Å². The minimum absolute atomic E-state index is 0.313. The Bertz CT molecular complexity index is 206. The van der Waals surface area contributed by atoms with Gasteiger partial charge in [0, 0.05) is 25.6 Å². The standard InChI is InChI=1S/C12H20O2S/c13-12(11-1-5-14-6-2-11)9-10-3-7-15-8-4-10/h10-11H,1-9H2. The highest BCUT2D eigenvalue weighted by molar-refractivity contribution is 7.99. The summed E-state index contributed by atoms with van der Waals surface area (Å²) in [7, 11) is 0. The van der Waals surface area contributed by atoms with Gasteiger partial charge in [0.2, 0.25) is 0 Å². The molecule has 0 unspecified atom stereocenters. The molecule has 0 spiro atoms. The fourth-order valence-corrected chi connectivity index (χ4v) is 3.63. The molecule has 2 fully saturated rings. The van der Waals surface area contributed by atoms with Crippen molar-refractivity contribution in [1.29, 1.82) is 0 Å². The largest absolute Gasteiger partial charge is 0.381 e. The summed E-state index contributed by atoms with van der Waals surface area (Å²) in [5.74, 6) is 4.02. The Morgan fingerprint density at radius 2 is 1.80 bits per heavy atom. The number of hydrogen-bond donors (Lipinski definition) is 0. The van der Waals surface area contributed by atoms with Crippen LogP contribution in [0.5, 0.6) is 0 Å². The molecule has 0 radical (unpaired) electrons. The quantitative estimate of drug-likeness (QED) is 0.742. The van der Waals surface area contributed by atoms with Crippen LogP contribution in [-0.4, -0.2) is 30.5 Å². The van der Waals surface area contributed by atoms with E-state index >= 15 is 0 Å². The van der Waals surface area contributed by atoms with Crippen molar-refractivity contribution in [3.8, 4) is 0 Å². The number of carbonyl (C=O) groups excluding carboxylic acids is 1. The molecule has 0 aliphatic carbocycles. The normalized spacial score (nSPS) is 25.3. The molecule has 0 bridgehead atoms. The van der Waals surface area contributed by atoms with E-state index in [4.69, 9.17) is 4.74 Å². The lowest BCUT2D eigenvalue weighted by Gasteiger charge is -2.25. The Hall–Kier alpha value is -0.0200. The molecule has 2 rings (SSSR count). The summed E-state index contributed by atoms with van der Waals surface area (Å²) in [6, 6.07) is 0. The first-order valence-electron chi connectivity index (χ1n) is 6.04. The lowest BCUT2D eigenvalue weighted by atomic mass is 9.87. The fourth-order valence-electron chi connectivity index (χ4n) is 2.42. The second-order valence-electron chi connectivity index (χ2n) is 4.61. The third-order valence-corrected chi connectivity index (χ3v) is 4.56. The van der Waals surface area contributed by atoms with Crippen LogP contribution < -0.4 is 0 Å². The predicted octanol–water partition coefficient (Wildman–Crippen LogP) is 2.52. The zero-order valence-electron chi connectivity index (χ0n) is 9.24. The summed E-state index contributed by atoms with van der Waals surface area (Å²) in [6.45, 7) is 1.58. The number of ketones is 1. The molecule has 3 heteroatoms. The van der Waals surface area contributed by atoms with Crippen molar-refractivity contribution in [3.63, 3.8) is 0 Å². The molecule has 86 valence electrons. The maximum absolute atomic E-state index is 12.0. The van der Waals surface area contributed by atoms with Crippen molar-refractivity contribution in [2.45, 2.75) is 32.1 Å². The molecule has 0 amide bonds. The average molecular weight is 228 g/mol. The molecule has 0 atom stereocenters. The summed E-state index contributed by atoms with van der Waals surface area (Å²) in [4.78, 5) is 12.0. The summed E-state index contributed by atoms with van der Waals surface area (Å²) in [5.41, 5.74) is 0. The number of Topliss-reactive ketones (excluding diaryl/α,β-unsaturated/α-hetero) is 1. The van der Waals surface area contributed by atoms with Gasteiger partial charge in [-0.3, -0.25) is 4.79 Å². The van der Waals surface area contributed by atoms with Crippen molar-refractivity contribution in [2.75, 3.05) is 24.7 Å². The van der Waals surface area contributed by atoms with Crippen LogP contribution in [0.3, 0.4) is 0 Å². The number of hydrogen-bond acceptors (Lipinski definition) is 3. The molecule has 0 N–H and O–H groups in total. The van der Waals surface area contributed by atoms with Crippen molar-refractivity contribution in [2.24, 2.45) is 11.8 Å². The molecule has 2 nitrogen and oxygen atoms in total. The van der Waals surface area contributed by atoms with E-state index in [1.165, 1.54) is 24.3 Å². The minimum atomic E-state index is 0.313. The number of ether oxygens (including phenoxy) is 1. The maximum atomic E-state index is 12.0. The topological polar surface area (TPSA) is 26.3 Å². The molecule has 2 aliphatic heterocycles. The van der Waals surface area contributed by atoms with Crippen LogP contribution in [0.1, 0.15) is 32.1 Å². The molecule has 0 aromatic carbocycles. The molecule has 2 heterocycles. The highest BCUT2D eigenvalue weighted by Crippen LogP contribution is 2.28. The van der Waals surface area contributed by atoms with E-state index in [0.29, 0.717) is 17.6 Å². The van der Waals surface area contributed by atoms with Gasteiger partial charge >= 0.3 is 0 Å². The van der Waals surface area contributed by atoms with Crippen LogP contribution >= 0.6 is 11.8 Å². The lowest BCUT2D eigenvalue weighted by molar-refractivity contribution is -0.126. The molecule has 0 aromatic rings. The van der Waals surface area contributed by atoms with Gasteiger partial charge in [-0.05, 0) is 43.1 Å². The Kier molecular flexibility index (Phi) is 4.51. The van der Waals surface area contributed by atoms with Crippen molar-refractivity contribution < 1.29 is 9.53 Å². The molecule has 0 saturated carbocycles. The van der Waals surface area contributed by atoms with Gasteiger partial charge in [0.25, 0.3) is 0 Å². The van der Waals surface area contributed by atoms with E-state index in [1.807, 2.05) is 11.8 Å². The van der Waals surface area contributed by atoms with Gasteiger partial charge in [0.15, 0.2) is 0 Å². The van der Waals surface area contributed by atoms with E-state index in [9.17, 15) is 4.79 Å². The summed E-state index contributed by atoms with van der Waals surface area (Å²) < 4.78 is 5.28. The van der Waals surface area contributed by atoms with Crippen LogP contribution in [0.2, 0.25) is 0 Å². The Balaban J connectivity index is 1.74. The zero-order chi connectivity index (χ0) is 10.5.